The summed E-state index contributed by atoms with van der Waals surface area (Å²) in [5.74, 6) is 1.05. The van der Waals surface area contributed by atoms with Crippen molar-refractivity contribution >= 4 is 11.7 Å². The first-order valence-electron chi connectivity index (χ1n) is 9.34. The minimum absolute atomic E-state index is 0.0621. The normalized spacial score (nSPS) is 21.4. The number of pyridine rings is 1. The van der Waals surface area contributed by atoms with E-state index in [9.17, 15) is 4.79 Å². The lowest BCUT2D eigenvalue weighted by atomic mass is 10.1. The van der Waals surface area contributed by atoms with Crippen molar-refractivity contribution in [3.05, 3.63) is 41.9 Å². The molecule has 1 amide bonds. The van der Waals surface area contributed by atoms with Gasteiger partial charge in [0.25, 0.3) is 5.91 Å². The first kappa shape index (κ1) is 16.1. The first-order valence-corrected chi connectivity index (χ1v) is 9.34. The van der Waals surface area contributed by atoms with Crippen LogP contribution in [0.3, 0.4) is 0 Å². The lowest BCUT2D eigenvalue weighted by Crippen LogP contribution is -2.31. The van der Waals surface area contributed by atoms with E-state index >= 15 is 0 Å². The Morgan fingerprint density at radius 1 is 1.04 bits per heavy atom. The average molecular weight is 339 g/mol. The summed E-state index contributed by atoms with van der Waals surface area (Å²) in [5, 5.41) is 7.03. The number of aromatic amines is 1. The zero-order chi connectivity index (χ0) is 17.1. The summed E-state index contributed by atoms with van der Waals surface area (Å²) in [6.45, 7) is 2.92. The van der Waals surface area contributed by atoms with Gasteiger partial charge in [-0.3, -0.25) is 9.89 Å². The van der Waals surface area contributed by atoms with E-state index in [0.29, 0.717) is 5.56 Å². The number of aromatic nitrogens is 3. The summed E-state index contributed by atoms with van der Waals surface area (Å²) in [5.41, 5.74) is 1.69. The van der Waals surface area contributed by atoms with Crippen LogP contribution >= 0.6 is 0 Å². The number of H-pyrrole nitrogens is 1. The van der Waals surface area contributed by atoms with Crippen LogP contribution in [0.5, 0.6) is 0 Å². The predicted octanol–water partition coefficient (Wildman–Crippen LogP) is 3.16. The highest BCUT2D eigenvalue weighted by molar-refractivity contribution is 5.94. The molecule has 2 aromatic rings. The second-order valence-electron chi connectivity index (χ2n) is 6.97. The van der Waals surface area contributed by atoms with Crippen LogP contribution in [0.25, 0.3) is 0 Å². The Hall–Kier alpha value is -2.37. The zero-order valence-electron chi connectivity index (χ0n) is 14.5. The molecule has 6 heteroatoms. The molecule has 1 N–H and O–H groups in total. The lowest BCUT2D eigenvalue weighted by molar-refractivity contribution is 0.0732. The van der Waals surface area contributed by atoms with Gasteiger partial charge in [-0.05, 0) is 43.9 Å². The first-order chi connectivity index (χ1) is 12.3. The summed E-state index contributed by atoms with van der Waals surface area (Å²) >= 11 is 0. The molecule has 2 aliphatic heterocycles. The molecule has 2 fully saturated rings. The van der Waals surface area contributed by atoms with Gasteiger partial charge in [-0.15, -0.1) is 0 Å². The van der Waals surface area contributed by atoms with E-state index in [-0.39, 0.29) is 11.9 Å². The van der Waals surface area contributed by atoms with Crippen LogP contribution in [0, 0.1) is 0 Å². The van der Waals surface area contributed by atoms with Gasteiger partial charge in [-0.1, -0.05) is 12.8 Å². The molecule has 0 aliphatic carbocycles. The van der Waals surface area contributed by atoms with E-state index in [1.54, 1.807) is 12.4 Å². The van der Waals surface area contributed by atoms with Crippen molar-refractivity contribution in [2.24, 2.45) is 0 Å². The van der Waals surface area contributed by atoms with Gasteiger partial charge in [-0.25, -0.2) is 4.98 Å². The van der Waals surface area contributed by atoms with Gasteiger partial charge in [0.15, 0.2) is 0 Å². The Kier molecular flexibility index (Phi) is 4.68. The molecule has 1 atom stereocenters. The highest BCUT2D eigenvalue weighted by atomic mass is 16.2. The fourth-order valence-corrected chi connectivity index (χ4v) is 3.95. The monoisotopic (exact) mass is 339 g/mol. The maximum Gasteiger partial charge on any atom is 0.255 e. The molecule has 132 valence electrons. The minimum atomic E-state index is 0.0621. The van der Waals surface area contributed by atoms with Crippen molar-refractivity contribution in [1.29, 1.82) is 0 Å². The van der Waals surface area contributed by atoms with Crippen molar-refractivity contribution in [2.75, 3.05) is 24.5 Å². The zero-order valence-corrected chi connectivity index (χ0v) is 14.5. The van der Waals surface area contributed by atoms with Gasteiger partial charge in [0.05, 0.1) is 17.3 Å². The van der Waals surface area contributed by atoms with E-state index in [4.69, 9.17) is 0 Å². The number of amides is 1. The van der Waals surface area contributed by atoms with Crippen LogP contribution in [-0.2, 0) is 0 Å². The molecule has 2 aliphatic rings. The number of nitrogens with one attached hydrogen (secondary N) is 1. The number of likely N-dealkylation sites (tertiary alicyclic amines) is 1. The second-order valence-corrected chi connectivity index (χ2v) is 6.97. The van der Waals surface area contributed by atoms with Crippen molar-refractivity contribution < 1.29 is 4.79 Å². The molecule has 6 nitrogen and oxygen atoms in total. The van der Waals surface area contributed by atoms with Crippen molar-refractivity contribution in [3.8, 4) is 0 Å². The van der Waals surface area contributed by atoms with Crippen LogP contribution < -0.4 is 4.90 Å². The van der Waals surface area contributed by atoms with E-state index < -0.39 is 0 Å². The summed E-state index contributed by atoms with van der Waals surface area (Å²) in [7, 11) is 0. The van der Waals surface area contributed by atoms with Crippen LogP contribution in [0.4, 0.5) is 5.82 Å². The van der Waals surface area contributed by atoms with Crippen LogP contribution in [-0.4, -0.2) is 45.6 Å². The summed E-state index contributed by atoms with van der Waals surface area (Å²) < 4.78 is 0. The molecule has 2 aromatic heterocycles. The Morgan fingerprint density at radius 2 is 1.88 bits per heavy atom. The molecule has 0 saturated carbocycles. The highest BCUT2D eigenvalue weighted by Crippen LogP contribution is 2.32. The maximum absolute atomic E-state index is 12.9. The van der Waals surface area contributed by atoms with Crippen LogP contribution in [0.1, 0.15) is 60.6 Å². The molecule has 1 unspecified atom stereocenters. The van der Waals surface area contributed by atoms with Crippen LogP contribution in [0.15, 0.2) is 30.6 Å². The molecule has 0 spiro atoms. The summed E-state index contributed by atoms with van der Waals surface area (Å²) in [6, 6.07) is 5.98. The number of anilines is 1. The third kappa shape index (κ3) is 3.38. The standard InChI is InChI=1S/C19H25N5O/c25-19(24-13-5-6-17(24)16-9-10-21-22-16)15-7-8-18(20-14-15)23-11-3-1-2-4-12-23/h7-10,14,17H,1-6,11-13H2,(H,21,22). The summed E-state index contributed by atoms with van der Waals surface area (Å²) in [4.78, 5) is 21.8. The average Bonchev–Trinajstić information content (AvgIpc) is 3.27. The summed E-state index contributed by atoms with van der Waals surface area (Å²) in [6.07, 6.45) is 10.5. The van der Waals surface area contributed by atoms with Gasteiger partial charge in [0, 0.05) is 32.0 Å². The van der Waals surface area contributed by atoms with Crippen LogP contribution in [0.2, 0.25) is 0 Å². The molecule has 0 aromatic carbocycles. The Labute approximate surface area is 148 Å². The lowest BCUT2D eigenvalue weighted by Gasteiger charge is -2.24. The van der Waals surface area contributed by atoms with E-state index in [1.807, 2.05) is 23.1 Å². The number of carbonyl (C=O) groups is 1. The molecule has 4 heterocycles. The minimum Gasteiger partial charge on any atom is -0.357 e. The number of nitrogens with zero attached hydrogens (tertiary/aromatic N) is 4. The smallest absolute Gasteiger partial charge is 0.255 e. The Bertz CT molecular complexity index is 689. The molecule has 4 rings (SSSR count). The molecular formula is C19H25N5O. The Morgan fingerprint density at radius 3 is 2.56 bits per heavy atom. The predicted molar refractivity (Wildman–Crippen MR) is 96.5 cm³/mol. The van der Waals surface area contributed by atoms with Gasteiger partial charge in [-0.2, -0.15) is 5.10 Å². The fourth-order valence-electron chi connectivity index (χ4n) is 3.95. The largest absolute Gasteiger partial charge is 0.357 e. The number of hydrogen-bond donors (Lipinski definition) is 1. The highest BCUT2D eigenvalue weighted by Gasteiger charge is 2.31. The number of carbonyl (C=O) groups excluding carboxylic acids is 1. The van der Waals surface area contributed by atoms with Gasteiger partial charge in [0.2, 0.25) is 0 Å². The topological polar surface area (TPSA) is 65.1 Å². The van der Waals surface area contributed by atoms with Crippen molar-refractivity contribution in [1.82, 2.24) is 20.1 Å². The molecule has 2 saturated heterocycles. The number of rotatable bonds is 3. The van der Waals surface area contributed by atoms with Gasteiger partial charge in [0.1, 0.15) is 5.82 Å². The van der Waals surface area contributed by atoms with E-state index in [1.165, 1.54) is 25.7 Å². The number of hydrogen-bond acceptors (Lipinski definition) is 4. The molecule has 0 bridgehead atoms. The van der Waals surface area contributed by atoms with Crippen molar-refractivity contribution in [2.45, 2.75) is 44.6 Å². The third-order valence-electron chi connectivity index (χ3n) is 5.32. The Balaban J connectivity index is 1.48. The van der Waals surface area contributed by atoms with Gasteiger partial charge >= 0.3 is 0 Å². The fraction of sp³-hybridized carbons (Fsp3) is 0.526. The SMILES string of the molecule is O=C(c1ccc(N2CCCCCC2)nc1)N1CCCC1c1ccn[nH]1. The quantitative estimate of drug-likeness (QED) is 0.933. The van der Waals surface area contributed by atoms with Gasteiger partial charge < -0.3 is 9.80 Å². The van der Waals surface area contributed by atoms with Crippen molar-refractivity contribution in [3.63, 3.8) is 0 Å². The third-order valence-corrected chi connectivity index (χ3v) is 5.32. The maximum atomic E-state index is 12.9. The van der Waals surface area contributed by atoms with E-state index in [2.05, 4.69) is 20.1 Å². The molecular weight excluding hydrogens is 314 g/mol. The molecule has 0 radical (unpaired) electrons. The molecule has 25 heavy (non-hydrogen) atoms. The second kappa shape index (κ2) is 7.25. The van der Waals surface area contributed by atoms with E-state index in [0.717, 1.165) is 44.0 Å².